The summed E-state index contributed by atoms with van der Waals surface area (Å²) in [6, 6.07) is 6.83. The SMILES string of the molecule is COc1cccc(NC(=O)C(=O)NC[C@@H]2COC3(CCCCC3)O2)c1. The summed E-state index contributed by atoms with van der Waals surface area (Å²) in [7, 11) is 1.54. The monoisotopic (exact) mass is 348 g/mol. The number of ether oxygens (including phenoxy) is 3. The van der Waals surface area contributed by atoms with E-state index in [4.69, 9.17) is 14.2 Å². The van der Waals surface area contributed by atoms with Gasteiger partial charge < -0.3 is 24.8 Å². The number of rotatable bonds is 4. The normalized spacial score (nSPS) is 21.7. The van der Waals surface area contributed by atoms with Gasteiger partial charge in [0, 0.05) is 31.1 Å². The molecule has 1 spiro atoms. The number of carbonyl (C=O) groups excluding carboxylic acids is 2. The summed E-state index contributed by atoms with van der Waals surface area (Å²) in [6.45, 7) is 0.698. The molecule has 1 saturated heterocycles. The molecule has 2 N–H and O–H groups in total. The van der Waals surface area contributed by atoms with Gasteiger partial charge in [-0.3, -0.25) is 9.59 Å². The highest BCUT2D eigenvalue weighted by Gasteiger charge is 2.42. The number of anilines is 1. The average Bonchev–Trinajstić information content (AvgIpc) is 3.02. The second kappa shape index (κ2) is 7.84. The molecule has 7 heteroatoms. The molecule has 1 heterocycles. The first-order valence-corrected chi connectivity index (χ1v) is 8.65. The minimum absolute atomic E-state index is 0.216. The Balaban J connectivity index is 1.45. The lowest BCUT2D eigenvalue weighted by atomic mass is 9.94. The van der Waals surface area contributed by atoms with Crippen molar-refractivity contribution in [2.75, 3.05) is 25.6 Å². The van der Waals surface area contributed by atoms with E-state index in [1.54, 1.807) is 24.3 Å². The predicted octanol–water partition coefficient (Wildman–Crippen LogP) is 1.83. The molecule has 1 aromatic carbocycles. The van der Waals surface area contributed by atoms with Gasteiger partial charge in [-0.05, 0) is 25.0 Å². The van der Waals surface area contributed by atoms with Crippen molar-refractivity contribution in [3.63, 3.8) is 0 Å². The van der Waals surface area contributed by atoms with Crippen molar-refractivity contribution >= 4 is 17.5 Å². The molecule has 7 nitrogen and oxygen atoms in total. The van der Waals surface area contributed by atoms with Gasteiger partial charge in [0.15, 0.2) is 5.79 Å². The van der Waals surface area contributed by atoms with Crippen LogP contribution in [0.1, 0.15) is 32.1 Å². The summed E-state index contributed by atoms with van der Waals surface area (Å²) >= 11 is 0. The molecule has 1 aliphatic heterocycles. The van der Waals surface area contributed by atoms with Crippen LogP contribution in [0.4, 0.5) is 5.69 Å². The molecule has 1 saturated carbocycles. The maximum Gasteiger partial charge on any atom is 0.313 e. The van der Waals surface area contributed by atoms with Crippen molar-refractivity contribution in [1.29, 1.82) is 0 Å². The predicted molar refractivity (Wildman–Crippen MR) is 91.3 cm³/mol. The molecule has 0 aromatic heterocycles. The third-order valence-corrected chi connectivity index (χ3v) is 4.55. The average molecular weight is 348 g/mol. The second-order valence-corrected chi connectivity index (χ2v) is 6.42. The molecule has 136 valence electrons. The summed E-state index contributed by atoms with van der Waals surface area (Å²) in [5, 5.41) is 5.15. The Kier molecular flexibility index (Phi) is 5.55. The van der Waals surface area contributed by atoms with Gasteiger partial charge in [-0.2, -0.15) is 0 Å². The molecule has 0 bridgehead atoms. The summed E-state index contributed by atoms with van der Waals surface area (Å²) in [5.41, 5.74) is 0.501. The van der Waals surface area contributed by atoms with E-state index in [1.807, 2.05) is 0 Å². The van der Waals surface area contributed by atoms with Gasteiger partial charge in [0.25, 0.3) is 0 Å². The van der Waals surface area contributed by atoms with Gasteiger partial charge in [-0.25, -0.2) is 0 Å². The molecule has 2 amide bonds. The third kappa shape index (κ3) is 4.49. The number of nitrogens with one attached hydrogen (secondary N) is 2. The quantitative estimate of drug-likeness (QED) is 0.811. The Labute approximate surface area is 147 Å². The summed E-state index contributed by atoms with van der Waals surface area (Å²) in [5.74, 6) is -1.29. The van der Waals surface area contributed by atoms with Crippen molar-refractivity contribution < 1.29 is 23.8 Å². The minimum atomic E-state index is -0.723. The molecule has 2 fully saturated rings. The first-order chi connectivity index (χ1) is 12.1. The van der Waals surface area contributed by atoms with Crippen molar-refractivity contribution in [3.05, 3.63) is 24.3 Å². The van der Waals surface area contributed by atoms with Crippen LogP contribution < -0.4 is 15.4 Å². The van der Waals surface area contributed by atoms with Crippen molar-refractivity contribution in [3.8, 4) is 5.75 Å². The van der Waals surface area contributed by atoms with E-state index in [-0.39, 0.29) is 12.6 Å². The fourth-order valence-electron chi connectivity index (χ4n) is 3.25. The van der Waals surface area contributed by atoms with Crippen LogP contribution in [-0.2, 0) is 19.1 Å². The Morgan fingerprint density at radius 2 is 2.04 bits per heavy atom. The molecule has 2 aliphatic rings. The fraction of sp³-hybridized carbons (Fsp3) is 0.556. The highest BCUT2D eigenvalue weighted by Crippen LogP contribution is 2.37. The largest absolute Gasteiger partial charge is 0.497 e. The van der Waals surface area contributed by atoms with Gasteiger partial charge in [0.2, 0.25) is 0 Å². The van der Waals surface area contributed by atoms with E-state index >= 15 is 0 Å². The number of benzene rings is 1. The highest BCUT2D eigenvalue weighted by molar-refractivity contribution is 6.39. The number of amides is 2. The Bertz CT molecular complexity index is 628. The van der Waals surface area contributed by atoms with Crippen LogP contribution in [-0.4, -0.2) is 44.0 Å². The van der Waals surface area contributed by atoms with E-state index < -0.39 is 17.6 Å². The van der Waals surface area contributed by atoms with Crippen LogP contribution in [0.3, 0.4) is 0 Å². The topological polar surface area (TPSA) is 85.9 Å². The Hall–Kier alpha value is -2.12. The maximum absolute atomic E-state index is 12.0. The van der Waals surface area contributed by atoms with Gasteiger partial charge in [-0.15, -0.1) is 0 Å². The van der Waals surface area contributed by atoms with Crippen LogP contribution in [0.2, 0.25) is 0 Å². The van der Waals surface area contributed by atoms with Crippen LogP contribution in [0, 0.1) is 0 Å². The summed E-state index contributed by atoms with van der Waals surface area (Å²) < 4.78 is 16.9. The number of hydrogen-bond donors (Lipinski definition) is 2. The highest BCUT2D eigenvalue weighted by atomic mass is 16.7. The van der Waals surface area contributed by atoms with Crippen LogP contribution >= 0.6 is 0 Å². The van der Waals surface area contributed by atoms with Crippen molar-refractivity contribution in [2.45, 2.75) is 44.0 Å². The van der Waals surface area contributed by atoms with E-state index in [9.17, 15) is 9.59 Å². The van der Waals surface area contributed by atoms with E-state index in [0.29, 0.717) is 18.0 Å². The molecule has 1 atom stereocenters. The molecule has 0 unspecified atom stereocenters. The molecular formula is C18H24N2O5. The molecule has 1 aliphatic carbocycles. The van der Waals surface area contributed by atoms with Gasteiger partial charge >= 0.3 is 11.8 Å². The Morgan fingerprint density at radius 3 is 2.80 bits per heavy atom. The van der Waals surface area contributed by atoms with E-state index in [1.165, 1.54) is 13.5 Å². The molecular weight excluding hydrogens is 324 g/mol. The van der Waals surface area contributed by atoms with E-state index in [2.05, 4.69) is 10.6 Å². The maximum atomic E-state index is 12.0. The number of carbonyl (C=O) groups is 2. The molecule has 0 radical (unpaired) electrons. The first-order valence-electron chi connectivity index (χ1n) is 8.65. The van der Waals surface area contributed by atoms with Gasteiger partial charge in [-0.1, -0.05) is 12.5 Å². The zero-order chi connectivity index (χ0) is 17.7. The standard InChI is InChI=1S/C18H24N2O5/c1-23-14-7-5-6-13(10-14)20-17(22)16(21)19-11-15-12-24-18(25-15)8-3-2-4-9-18/h5-7,10,15H,2-4,8-9,11-12H2,1H3,(H,19,21)(H,20,22)/t15-/m1/s1. The van der Waals surface area contributed by atoms with Crippen LogP contribution in [0.15, 0.2) is 24.3 Å². The Morgan fingerprint density at radius 1 is 1.24 bits per heavy atom. The lowest BCUT2D eigenvalue weighted by Crippen LogP contribution is -2.41. The lowest BCUT2D eigenvalue weighted by Gasteiger charge is -2.31. The first kappa shape index (κ1) is 17.7. The minimum Gasteiger partial charge on any atom is -0.497 e. The number of hydrogen-bond acceptors (Lipinski definition) is 5. The second-order valence-electron chi connectivity index (χ2n) is 6.42. The van der Waals surface area contributed by atoms with Crippen LogP contribution in [0.25, 0.3) is 0 Å². The van der Waals surface area contributed by atoms with Gasteiger partial charge in [0.1, 0.15) is 11.9 Å². The fourth-order valence-corrected chi connectivity index (χ4v) is 3.25. The lowest BCUT2D eigenvalue weighted by molar-refractivity contribution is -0.186. The summed E-state index contributed by atoms with van der Waals surface area (Å²) in [4.78, 5) is 24.0. The van der Waals surface area contributed by atoms with Gasteiger partial charge in [0.05, 0.1) is 13.7 Å². The number of methoxy groups -OCH3 is 1. The van der Waals surface area contributed by atoms with Crippen molar-refractivity contribution in [2.24, 2.45) is 0 Å². The summed E-state index contributed by atoms with van der Waals surface area (Å²) in [6.07, 6.45) is 4.98. The molecule has 25 heavy (non-hydrogen) atoms. The van der Waals surface area contributed by atoms with Crippen LogP contribution in [0.5, 0.6) is 5.75 Å². The zero-order valence-electron chi connectivity index (χ0n) is 14.4. The molecule has 1 aromatic rings. The third-order valence-electron chi connectivity index (χ3n) is 4.55. The van der Waals surface area contributed by atoms with Crippen molar-refractivity contribution in [1.82, 2.24) is 5.32 Å². The molecule has 3 rings (SSSR count). The smallest absolute Gasteiger partial charge is 0.313 e. The van der Waals surface area contributed by atoms with E-state index in [0.717, 1.165) is 25.7 Å². The zero-order valence-corrected chi connectivity index (χ0v) is 14.4.